The Bertz CT molecular complexity index is 577. The van der Waals surface area contributed by atoms with Crippen LogP contribution in [0, 0.1) is 0 Å². The Kier molecular flexibility index (Phi) is 10.9. The summed E-state index contributed by atoms with van der Waals surface area (Å²) in [5, 5.41) is 9.52. The van der Waals surface area contributed by atoms with Gasteiger partial charge < -0.3 is 33.5 Å². The van der Waals surface area contributed by atoms with E-state index < -0.39 is 0 Å². The van der Waals surface area contributed by atoms with Crippen LogP contribution in [0.25, 0.3) is 0 Å². The van der Waals surface area contributed by atoms with E-state index in [0.717, 1.165) is 5.56 Å². The van der Waals surface area contributed by atoms with E-state index in [1.165, 1.54) is 6.07 Å². The van der Waals surface area contributed by atoms with Gasteiger partial charge in [0.15, 0.2) is 0 Å². The molecule has 1 aromatic rings. The molecular formula is C20H30O8. The molecule has 1 aromatic carbocycles. The number of hydrogen-bond acceptors (Lipinski definition) is 8. The zero-order chi connectivity index (χ0) is 20.0. The van der Waals surface area contributed by atoms with Crippen LogP contribution in [-0.2, 0) is 28.5 Å². The number of hydrogen-bond donors (Lipinski definition) is 1. The first-order valence-corrected chi connectivity index (χ1v) is 9.54. The second kappa shape index (κ2) is 13.5. The minimum absolute atomic E-state index is 0.0391. The molecule has 0 spiro atoms. The van der Waals surface area contributed by atoms with Crippen molar-refractivity contribution in [3.63, 3.8) is 0 Å². The van der Waals surface area contributed by atoms with E-state index in [-0.39, 0.29) is 17.6 Å². The molecule has 0 radical (unpaired) electrons. The van der Waals surface area contributed by atoms with E-state index in [2.05, 4.69) is 0 Å². The lowest BCUT2D eigenvalue weighted by atomic mass is 9.90. The average molecular weight is 398 g/mol. The number of benzene rings is 1. The van der Waals surface area contributed by atoms with Crippen LogP contribution in [0.1, 0.15) is 24.3 Å². The number of fused-ring (bicyclic) bond motifs is 1. The van der Waals surface area contributed by atoms with Crippen LogP contribution < -0.4 is 4.74 Å². The van der Waals surface area contributed by atoms with E-state index in [1.54, 1.807) is 19.2 Å². The lowest BCUT2D eigenvalue weighted by Gasteiger charge is -2.24. The highest BCUT2D eigenvalue weighted by molar-refractivity contribution is 5.76. The fourth-order valence-corrected chi connectivity index (χ4v) is 2.81. The van der Waals surface area contributed by atoms with E-state index in [9.17, 15) is 9.90 Å². The molecule has 1 N–H and O–H groups in total. The molecule has 0 aromatic heterocycles. The quantitative estimate of drug-likeness (QED) is 0.272. The number of esters is 1. The Morgan fingerprint density at radius 3 is 2.11 bits per heavy atom. The van der Waals surface area contributed by atoms with Gasteiger partial charge in [-0.3, -0.25) is 4.79 Å². The van der Waals surface area contributed by atoms with Crippen LogP contribution in [0.2, 0.25) is 0 Å². The second-order valence-corrected chi connectivity index (χ2v) is 6.33. The molecule has 158 valence electrons. The predicted molar refractivity (Wildman–Crippen MR) is 101 cm³/mol. The normalized spacial score (nSPS) is 16.0. The number of carbonyl (C=O) groups excluding carboxylic acids is 1. The van der Waals surface area contributed by atoms with Gasteiger partial charge >= 0.3 is 5.97 Å². The van der Waals surface area contributed by atoms with Gasteiger partial charge in [-0.15, -0.1) is 0 Å². The van der Waals surface area contributed by atoms with Gasteiger partial charge in [0.2, 0.25) is 0 Å². The van der Waals surface area contributed by atoms with Gasteiger partial charge in [-0.2, -0.15) is 0 Å². The van der Waals surface area contributed by atoms with Crippen molar-refractivity contribution in [3.05, 3.63) is 23.8 Å². The Hall–Kier alpha value is -1.71. The zero-order valence-corrected chi connectivity index (χ0v) is 16.4. The lowest BCUT2D eigenvalue weighted by Crippen LogP contribution is -2.21. The Balaban J connectivity index is 1.46. The third-order valence-corrected chi connectivity index (χ3v) is 4.23. The smallest absolute Gasteiger partial charge is 0.311 e. The lowest BCUT2D eigenvalue weighted by molar-refractivity contribution is -0.136. The molecule has 1 unspecified atom stereocenters. The zero-order valence-electron chi connectivity index (χ0n) is 16.4. The SMILES string of the molecule is COCCOCCOCCOCCOCCC1CC(=O)Oc2cc(O)ccc21. The van der Waals surface area contributed by atoms with Crippen LogP contribution >= 0.6 is 0 Å². The largest absolute Gasteiger partial charge is 0.508 e. The van der Waals surface area contributed by atoms with Crippen LogP contribution in [0.4, 0.5) is 0 Å². The Morgan fingerprint density at radius 1 is 0.929 bits per heavy atom. The topological polar surface area (TPSA) is 92.7 Å². The van der Waals surface area contributed by atoms with Gasteiger partial charge in [-0.1, -0.05) is 6.07 Å². The van der Waals surface area contributed by atoms with E-state index in [1.807, 2.05) is 0 Å². The van der Waals surface area contributed by atoms with E-state index >= 15 is 0 Å². The van der Waals surface area contributed by atoms with Crippen LogP contribution in [0.5, 0.6) is 11.5 Å². The summed E-state index contributed by atoms with van der Waals surface area (Å²) in [6.07, 6.45) is 1.03. The third kappa shape index (κ3) is 8.53. The molecule has 0 saturated heterocycles. The highest BCUT2D eigenvalue weighted by Crippen LogP contribution is 2.38. The molecule has 8 nitrogen and oxygen atoms in total. The molecule has 2 rings (SSSR count). The minimum Gasteiger partial charge on any atom is -0.508 e. The minimum atomic E-state index is -0.282. The molecule has 0 saturated carbocycles. The van der Waals surface area contributed by atoms with Gasteiger partial charge in [0.1, 0.15) is 11.5 Å². The monoisotopic (exact) mass is 398 g/mol. The summed E-state index contributed by atoms with van der Waals surface area (Å²) < 4.78 is 31.8. The van der Waals surface area contributed by atoms with Crippen molar-refractivity contribution in [2.75, 3.05) is 66.6 Å². The second-order valence-electron chi connectivity index (χ2n) is 6.33. The predicted octanol–water partition coefficient (Wildman–Crippen LogP) is 1.89. The van der Waals surface area contributed by atoms with Crippen molar-refractivity contribution >= 4 is 5.97 Å². The molecule has 0 fully saturated rings. The summed E-state index contributed by atoms with van der Waals surface area (Å²) in [6.45, 7) is 4.76. The fraction of sp³-hybridized carbons (Fsp3) is 0.650. The van der Waals surface area contributed by atoms with Crippen molar-refractivity contribution in [2.24, 2.45) is 0 Å². The molecule has 1 aliphatic rings. The fourth-order valence-electron chi connectivity index (χ4n) is 2.81. The molecule has 8 heteroatoms. The Morgan fingerprint density at radius 2 is 1.50 bits per heavy atom. The van der Waals surface area contributed by atoms with Gasteiger partial charge in [-0.05, 0) is 18.1 Å². The number of rotatable bonds is 15. The first kappa shape index (κ1) is 22.6. The van der Waals surface area contributed by atoms with E-state index in [0.29, 0.717) is 78.1 Å². The summed E-state index contributed by atoms with van der Waals surface area (Å²) in [7, 11) is 1.64. The molecule has 28 heavy (non-hydrogen) atoms. The number of ether oxygens (including phenoxy) is 6. The van der Waals surface area contributed by atoms with Crippen LogP contribution in [-0.4, -0.2) is 77.6 Å². The van der Waals surface area contributed by atoms with Crippen molar-refractivity contribution in [1.82, 2.24) is 0 Å². The first-order chi connectivity index (χ1) is 13.7. The molecule has 0 aliphatic carbocycles. The van der Waals surface area contributed by atoms with Gasteiger partial charge in [0, 0.05) is 25.7 Å². The van der Waals surface area contributed by atoms with Gasteiger partial charge in [0.05, 0.1) is 59.3 Å². The molecule has 1 heterocycles. The number of carbonyl (C=O) groups is 1. The molecule has 0 amide bonds. The van der Waals surface area contributed by atoms with Crippen molar-refractivity contribution in [3.8, 4) is 11.5 Å². The first-order valence-electron chi connectivity index (χ1n) is 9.54. The van der Waals surface area contributed by atoms with Crippen molar-refractivity contribution in [1.29, 1.82) is 0 Å². The Labute approximate surface area is 165 Å². The average Bonchev–Trinajstić information content (AvgIpc) is 2.67. The van der Waals surface area contributed by atoms with Crippen LogP contribution in [0.3, 0.4) is 0 Å². The summed E-state index contributed by atoms with van der Waals surface area (Å²) in [4.78, 5) is 11.7. The highest BCUT2D eigenvalue weighted by Gasteiger charge is 2.27. The van der Waals surface area contributed by atoms with Gasteiger partial charge in [0.25, 0.3) is 0 Å². The van der Waals surface area contributed by atoms with Crippen LogP contribution in [0.15, 0.2) is 18.2 Å². The highest BCUT2D eigenvalue weighted by atomic mass is 16.6. The summed E-state index contributed by atoms with van der Waals surface area (Å²) >= 11 is 0. The molecule has 1 atom stereocenters. The number of aromatic hydroxyl groups is 1. The molecular weight excluding hydrogens is 368 g/mol. The van der Waals surface area contributed by atoms with Crippen molar-refractivity contribution in [2.45, 2.75) is 18.8 Å². The van der Waals surface area contributed by atoms with Gasteiger partial charge in [-0.25, -0.2) is 0 Å². The standard InChI is InChI=1S/C20H30O8/c1-23-6-7-25-10-11-27-13-12-26-9-8-24-5-4-16-14-20(22)28-19-15-17(21)2-3-18(16)19/h2-3,15-16,21H,4-14H2,1H3. The maximum Gasteiger partial charge on any atom is 0.311 e. The van der Waals surface area contributed by atoms with E-state index in [4.69, 9.17) is 28.4 Å². The third-order valence-electron chi connectivity index (χ3n) is 4.23. The maximum absolute atomic E-state index is 11.7. The number of phenolic OH excluding ortho intramolecular Hbond substituents is 1. The summed E-state index contributed by atoms with van der Waals surface area (Å²) in [6, 6.07) is 4.88. The molecule has 1 aliphatic heterocycles. The number of phenols is 1. The maximum atomic E-state index is 11.7. The summed E-state index contributed by atoms with van der Waals surface area (Å²) in [5.74, 6) is 0.282. The number of methoxy groups -OCH3 is 1. The van der Waals surface area contributed by atoms with Crippen molar-refractivity contribution < 1.29 is 38.3 Å². The summed E-state index contributed by atoms with van der Waals surface area (Å²) in [5.41, 5.74) is 0.931. The molecule has 0 bridgehead atoms.